The molecule has 0 aromatic heterocycles. The van der Waals surface area contributed by atoms with Crippen LogP contribution in [0.5, 0.6) is 11.5 Å². The minimum Gasteiger partial charge on any atom is -0.507 e. The molecule has 188 valence electrons. The molecule has 10 nitrogen and oxygen atoms in total. The van der Waals surface area contributed by atoms with E-state index in [9.17, 15) is 35.1 Å². The summed E-state index contributed by atoms with van der Waals surface area (Å²) in [6.45, 7) is 1.10. The number of rotatable bonds is 3. The van der Waals surface area contributed by atoms with Gasteiger partial charge in [0.1, 0.15) is 47.3 Å². The average molecular weight is 481 g/mol. The fourth-order valence-electron chi connectivity index (χ4n) is 3.98. The Balaban J connectivity index is 1.88. The summed E-state index contributed by atoms with van der Waals surface area (Å²) >= 11 is 0. The molecule has 1 saturated heterocycles. The number of allylic oxidation sites excluding steroid dienone is 1. The van der Waals surface area contributed by atoms with Crippen LogP contribution in [0.3, 0.4) is 0 Å². The van der Waals surface area contributed by atoms with E-state index in [-0.39, 0.29) is 17.1 Å². The van der Waals surface area contributed by atoms with Crippen LogP contribution in [0, 0.1) is 0 Å². The van der Waals surface area contributed by atoms with Crippen LogP contribution < -0.4 is 4.74 Å². The number of aliphatic hydroxyl groups is 4. The van der Waals surface area contributed by atoms with Crippen LogP contribution in [-0.4, -0.2) is 80.7 Å². The molecule has 1 unspecified atom stereocenters. The summed E-state index contributed by atoms with van der Waals surface area (Å²) < 4.78 is 16.4. The minimum atomic E-state index is -1.63. The van der Waals surface area contributed by atoms with Crippen molar-refractivity contribution < 1.29 is 49.3 Å². The van der Waals surface area contributed by atoms with Crippen LogP contribution in [0.1, 0.15) is 61.4 Å². The lowest BCUT2D eigenvalue weighted by Crippen LogP contribution is -2.60. The van der Waals surface area contributed by atoms with Crippen molar-refractivity contribution in [2.24, 2.45) is 0 Å². The number of aromatic hydroxyl groups is 1. The maximum atomic E-state index is 12.8. The third-order valence-electron chi connectivity index (χ3n) is 5.92. The first kappa shape index (κ1) is 26.1. The van der Waals surface area contributed by atoms with Gasteiger partial charge in [-0.05, 0) is 44.2 Å². The number of fused-ring (bicyclic) bond motifs is 1. The maximum absolute atomic E-state index is 12.8. The van der Waals surface area contributed by atoms with E-state index in [4.69, 9.17) is 14.2 Å². The van der Waals surface area contributed by atoms with Gasteiger partial charge in [-0.3, -0.25) is 4.79 Å². The molecule has 34 heavy (non-hydrogen) atoms. The molecule has 0 radical (unpaired) electrons. The number of carbonyl (C=O) groups is 2. The molecular formula is C24H32O10. The number of ketones is 1. The van der Waals surface area contributed by atoms with E-state index in [1.807, 2.05) is 0 Å². The smallest absolute Gasteiger partial charge is 0.342 e. The second-order valence-electron chi connectivity index (χ2n) is 8.66. The highest BCUT2D eigenvalue weighted by molar-refractivity contribution is 5.97. The summed E-state index contributed by atoms with van der Waals surface area (Å²) in [6, 6.07) is 2.60. The molecule has 1 aromatic rings. The third kappa shape index (κ3) is 6.34. The fraction of sp³-hybridized carbons (Fsp3) is 0.583. The monoisotopic (exact) mass is 480 g/mol. The molecule has 1 fully saturated rings. The summed E-state index contributed by atoms with van der Waals surface area (Å²) in [5, 5.41) is 50.1. The van der Waals surface area contributed by atoms with Crippen molar-refractivity contribution in [3.63, 3.8) is 0 Å². The Hall–Kier alpha value is -2.50. The SMILES string of the molecule is C[C@H]1CCCC(=O)CCCC=Cc2cc(OC3O[C@H](CO)[C@@H](O)[C@H](O)[C@H]3O)cc(O)c2C(=O)O1. The standard InChI is InChI=1S/C24H32O10/c1-13-6-5-9-15(26)8-4-2-3-7-14-10-16(11-17(27)19(14)23(31)32-13)33-24-22(30)21(29)20(28)18(12-25)34-24/h3,7,10-11,13,18,20-22,24-25,27-30H,2,4-6,8-9,12H2,1H3/t13-,18+,20+,21-,22+,24?/m0/s1. The van der Waals surface area contributed by atoms with Crippen LogP contribution >= 0.6 is 0 Å². The highest BCUT2D eigenvalue weighted by Crippen LogP contribution is 2.33. The first-order chi connectivity index (χ1) is 16.2. The number of carbonyl (C=O) groups excluding carboxylic acids is 2. The minimum absolute atomic E-state index is 0.0161. The van der Waals surface area contributed by atoms with E-state index in [0.29, 0.717) is 44.1 Å². The van der Waals surface area contributed by atoms with Gasteiger partial charge in [-0.2, -0.15) is 0 Å². The summed E-state index contributed by atoms with van der Waals surface area (Å²) in [4.78, 5) is 24.8. The Morgan fingerprint density at radius 1 is 1.06 bits per heavy atom. The highest BCUT2D eigenvalue weighted by atomic mass is 16.7. The average Bonchev–Trinajstić information content (AvgIpc) is 2.78. The van der Waals surface area contributed by atoms with Crippen molar-refractivity contribution in [2.45, 2.75) is 82.3 Å². The number of benzene rings is 1. The van der Waals surface area contributed by atoms with Gasteiger partial charge in [0, 0.05) is 18.9 Å². The lowest BCUT2D eigenvalue weighted by Gasteiger charge is -2.39. The number of hydrogen-bond donors (Lipinski definition) is 5. The summed E-state index contributed by atoms with van der Waals surface area (Å²) in [5.74, 6) is -0.965. The van der Waals surface area contributed by atoms with Crippen LogP contribution in [0.25, 0.3) is 6.08 Å². The molecule has 0 bridgehead atoms. The number of ether oxygens (including phenoxy) is 3. The molecule has 10 heteroatoms. The molecule has 2 heterocycles. The van der Waals surface area contributed by atoms with Crippen LogP contribution in [0.15, 0.2) is 18.2 Å². The number of phenolic OH excluding ortho intramolecular Hbond substituents is 1. The largest absolute Gasteiger partial charge is 0.507 e. The van der Waals surface area contributed by atoms with E-state index in [2.05, 4.69) is 0 Å². The zero-order valence-corrected chi connectivity index (χ0v) is 19.0. The van der Waals surface area contributed by atoms with Crippen LogP contribution in [0.4, 0.5) is 0 Å². The van der Waals surface area contributed by atoms with Crippen molar-refractivity contribution in [1.29, 1.82) is 0 Å². The number of Topliss-reactive ketones (excluding diaryl/α,β-unsaturated/α-hetero) is 1. The molecule has 0 saturated carbocycles. The van der Waals surface area contributed by atoms with Gasteiger partial charge in [0.2, 0.25) is 6.29 Å². The molecular weight excluding hydrogens is 448 g/mol. The summed E-state index contributed by atoms with van der Waals surface area (Å²) in [6.07, 6.45) is -1.24. The molecule has 0 spiro atoms. The van der Waals surface area contributed by atoms with E-state index >= 15 is 0 Å². The van der Waals surface area contributed by atoms with Crippen LogP contribution in [-0.2, 0) is 14.3 Å². The molecule has 2 aliphatic rings. The van der Waals surface area contributed by atoms with Gasteiger partial charge in [-0.1, -0.05) is 12.2 Å². The predicted octanol–water partition coefficient (Wildman–Crippen LogP) is 1.05. The van der Waals surface area contributed by atoms with E-state index in [1.54, 1.807) is 19.1 Å². The van der Waals surface area contributed by atoms with Crippen molar-refractivity contribution >= 4 is 17.8 Å². The first-order valence-corrected chi connectivity index (χ1v) is 11.4. The topological polar surface area (TPSA) is 163 Å². The van der Waals surface area contributed by atoms with Gasteiger partial charge in [0.05, 0.1) is 12.7 Å². The molecule has 3 rings (SSSR count). The Labute approximate surface area is 197 Å². The number of cyclic esters (lactones) is 1. The third-order valence-corrected chi connectivity index (χ3v) is 5.92. The zero-order chi connectivity index (χ0) is 24.8. The zero-order valence-electron chi connectivity index (χ0n) is 19.0. The van der Waals surface area contributed by atoms with Crippen LogP contribution in [0.2, 0.25) is 0 Å². The van der Waals surface area contributed by atoms with Gasteiger partial charge < -0.3 is 39.7 Å². The number of phenols is 1. The van der Waals surface area contributed by atoms with E-state index in [0.717, 1.165) is 6.07 Å². The van der Waals surface area contributed by atoms with Crippen molar-refractivity contribution in [3.05, 3.63) is 29.3 Å². The second kappa shape index (κ2) is 11.8. The number of esters is 1. The van der Waals surface area contributed by atoms with Gasteiger partial charge in [0.15, 0.2) is 0 Å². The molecule has 2 aliphatic heterocycles. The van der Waals surface area contributed by atoms with Gasteiger partial charge in [0.25, 0.3) is 0 Å². The Morgan fingerprint density at radius 3 is 2.53 bits per heavy atom. The van der Waals surface area contributed by atoms with Crippen molar-refractivity contribution in [1.82, 2.24) is 0 Å². The lowest BCUT2D eigenvalue weighted by molar-refractivity contribution is -0.277. The van der Waals surface area contributed by atoms with Crippen molar-refractivity contribution in [3.8, 4) is 11.5 Å². The van der Waals surface area contributed by atoms with E-state index < -0.39 is 55.1 Å². The number of aliphatic hydroxyl groups excluding tert-OH is 4. The van der Waals surface area contributed by atoms with E-state index in [1.165, 1.54) is 6.07 Å². The Kier molecular flexibility index (Phi) is 9.03. The predicted molar refractivity (Wildman–Crippen MR) is 119 cm³/mol. The normalized spacial score (nSPS) is 31.3. The Morgan fingerprint density at radius 2 is 1.79 bits per heavy atom. The maximum Gasteiger partial charge on any atom is 0.342 e. The molecule has 0 amide bonds. The summed E-state index contributed by atoms with van der Waals surface area (Å²) in [7, 11) is 0. The number of hydrogen-bond acceptors (Lipinski definition) is 10. The Bertz CT molecular complexity index is 896. The molecule has 5 N–H and O–H groups in total. The first-order valence-electron chi connectivity index (χ1n) is 11.4. The van der Waals surface area contributed by atoms with Gasteiger partial charge in [-0.15, -0.1) is 0 Å². The second-order valence-corrected chi connectivity index (χ2v) is 8.66. The molecule has 1 aromatic carbocycles. The van der Waals surface area contributed by atoms with Crippen molar-refractivity contribution in [2.75, 3.05) is 6.61 Å². The molecule has 0 aliphatic carbocycles. The van der Waals surface area contributed by atoms with Gasteiger partial charge >= 0.3 is 5.97 Å². The summed E-state index contributed by atoms with van der Waals surface area (Å²) in [5.41, 5.74) is 0.234. The highest BCUT2D eigenvalue weighted by Gasteiger charge is 2.44. The lowest BCUT2D eigenvalue weighted by atomic mass is 9.99. The van der Waals surface area contributed by atoms with Gasteiger partial charge in [-0.25, -0.2) is 4.79 Å². The molecule has 6 atom stereocenters. The quantitative estimate of drug-likeness (QED) is 0.395. The fourth-order valence-corrected chi connectivity index (χ4v) is 3.98.